The Hall–Kier alpha value is -1.84. The third-order valence-electron chi connectivity index (χ3n) is 2.46. The van der Waals surface area contributed by atoms with Crippen LogP contribution < -0.4 is 5.73 Å². The number of aryl methyl sites for hydroxylation is 2. The minimum absolute atomic E-state index is 0.150. The molecule has 78 valence electrons. The van der Waals surface area contributed by atoms with Crippen LogP contribution >= 0.6 is 0 Å². The van der Waals surface area contributed by atoms with Gasteiger partial charge in [0.1, 0.15) is 5.82 Å². The predicted octanol–water partition coefficient (Wildman–Crippen LogP) is 1.43. The molecule has 0 radical (unpaired) electrons. The lowest BCUT2D eigenvalue weighted by atomic mass is 10.2. The summed E-state index contributed by atoms with van der Waals surface area (Å²) in [4.78, 5) is 4.43. The third-order valence-corrected chi connectivity index (χ3v) is 2.46. The van der Waals surface area contributed by atoms with E-state index < -0.39 is 0 Å². The lowest BCUT2D eigenvalue weighted by Gasteiger charge is -2.01. The number of nitrogens with zero attached hydrogens (tertiary/aromatic N) is 2. The smallest absolute Gasteiger partial charge is 0.110 e. The van der Waals surface area contributed by atoms with E-state index in [9.17, 15) is 0 Å². The van der Waals surface area contributed by atoms with Crippen molar-refractivity contribution in [3.05, 3.63) is 35.4 Å². The van der Waals surface area contributed by atoms with Gasteiger partial charge in [-0.05, 0) is 26.0 Å². The molecule has 2 aromatic rings. The topological polar surface area (TPSA) is 67.2 Å². The maximum atomic E-state index is 7.30. The highest BCUT2D eigenvalue weighted by molar-refractivity contribution is 5.81. The first kappa shape index (κ1) is 9.71. The number of aromatic nitrogens is 2. The van der Waals surface area contributed by atoms with Crippen LogP contribution in [0.15, 0.2) is 18.2 Å². The molecule has 0 aliphatic carbocycles. The first-order chi connectivity index (χ1) is 7.09. The molecule has 15 heavy (non-hydrogen) atoms. The fourth-order valence-electron chi connectivity index (χ4n) is 1.89. The molecule has 2 aromatic heterocycles. The number of nitrogens with one attached hydrogen (secondary N) is 1. The number of hydrogen-bond acceptors (Lipinski definition) is 2. The zero-order valence-electron chi connectivity index (χ0n) is 8.91. The molecule has 0 atom stereocenters. The van der Waals surface area contributed by atoms with Gasteiger partial charge in [0, 0.05) is 12.1 Å². The second-order valence-corrected chi connectivity index (χ2v) is 3.70. The second kappa shape index (κ2) is 3.38. The Morgan fingerprint density at radius 2 is 2.20 bits per heavy atom. The van der Waals surface area contributed by atoms with Crippen LogP contribution in [0.3, 0.4) is 0 Å². The number of nitrogens with two attached hydrogens (primary N) is 1. The van der Waals surface area contributed by atoms with E-state index >= 15 is 0 Å². The van der Waals surface area contributed by atoms with Crippen LogP contribution in [0.2, 0.25) is 0 Å². The van der Waals surface area contributed by atoms with Crippen molar-refractivity contribution in [2.45, 2.75) is 20.3 Å². The van der Waals surface area contributed by atoms with Gasteiger partial charge >= 0.3 is 0 Å². The zero-order chi connectivity index (χ0) is 11.0. The lowest BCUT2D eigenvalue weighted by Crippen LogP contribution is -2.13. The number of amidine groups is 1. The minimum Gasteiger partial charge on any atom is -0.387 e. The van der Waals surface area contributed by atoms with E-state index in [-0.39, 0.29) is 5.84 Å². The highest BCUT2D eigenvalue weighted by Crippen LogP contribution is 2.15. The number of imidazole rings is 1. The molecule has 0 spiro atoms. The highest BCUT2D eigenvalue weighted by Gasteiger charge is 2.09. The van der Waals surface area contributed by atoms with Crippen molar-refractivity contribution in [2.24, 2.45) is 5.73 Å². The Morgan fingerprint density at radius 3 is 2.87 bits per heavy atom. The lowest BCUT2D eigenvalue weighted by molar-refractivity contribution is 0.991. The van der Waals surface area contributed by atoms with Gasteiger partial charge in [-0.2, -0.15) is 0 Å². The largest absolute Gasteiger partial charge is 0.387 e. The summed E-state index contributed by atoms with van der Waals surface area (Å²) in [6.45, 7) is 4.00. The Balaban J connectivity index is 2.68. The van der Waals surface area contributed by atoms with Gasteiger partial charge in [-0.3, -0.25) is 5.41 Å². The zero-order valence-corrected chi connectivity index (χ0v) is 8.91. The van der Waals surface area contributed by atoms with Gasteiger partial charge in [0.25, 0.3) is 0 Å². The molecule has 0 unspecified atom stereocenters. The van der Waals surface area contributed by atoms with Gasteiger partial charge in [0.2, 0.25) is 0 Å². The van der Waals surface area contributed by atoms with Gasteiger partial charge < -0.3 is 10.1 Å². The molecule has 0 fully saturated rings. The Bertz CT molecular complexity index is 525. The molecule has 3 N–H and O–H groups in total. The van der Waals surface area contributed by atoms with Crippen LogP contribution in [-0.2, 0) is 6.42 Å². The van der Waals surface area contributed by atoms with E-state index in [0.29, 0.717) is 6.42 Å². The molecule has 0 aromatic carbocycles. The first-order valence-electron chi connectivity index (χ1n) is 4.86. The van der Waals surface area contributed by atoms with E-state index in [1.54, 1.807) is 0 Å². The molecule has 0 saturated heterocycles. The maximum absolute atomic E-state index is 7.30. The van der Waals surface area contributed by atoms with Gasteiger partial charge in [-0.25, -0.2) is 4.98 Å². The minimum atomic E-state index is 0.150. The van der Waals surface area contributed by atoms with Crippen LogP contribution in [0.5, 0.6) is 0 Å². The summed E-state index contributed by atoms with van der Waals surface area (Å²) in [5.41, 5.74) is 8.47. The van der Waals surface area contributed by atoms with E-state index in [1.165, 1.54) is 0 Å². The van der Waals surface area contributed by atoms with Crippen LogP contribution in [-0.4, -0.2) is 15.2 Å². The summed E-state index contributed by atoms with van der Waals surface area (Å²) in [5, 5.41) is 7.30. The van der Waals surface area contributed by atoms with Crippen molar-refractivity contribution in [1.82, 2.24) is 9.38 Å². The molecule has 0 aliphatic rings. The molecular formula is C11H14N4. The monoisotopic (exact) mass is 202 g/mol. The third kappa shape index (κ3) is 1.58. The van der Waals surface area contributed by atoms with Crippen LogP contribution in [0.4, 0.5) is 0 Å². The molecular weight excluding hydrogens is 188 g/mol. The summed E-state index contributed by atoms with van der Waals surface area (Å²) < 4.78 is 2.08. The summed E-state index contributed by atoms with van der Waals surface area (Å²) in [6, 6.07) is 6.04. The van der Waals surface area contributed by atoms with Crippen LogP contribution in [0.1, 0.15) is 17.2 Å². The summed E-state index contributed by atoms with van der Waals surface area (Å²) in [6.07, 6.45) is 0.417. The van der Waals surface area contributed by atoms with Gasteiger partial charge in [-0.15, -0.1) is 0 Å². The molecule has 0 saturated carbocycles. The van der Waals surface area contributed by atoms with Crippen molar-refractivity contribution >= 4 is 11.4 Å². The predicted molar refractivity (Wildman–Crippen MR) is 60.3 cm³/mol. The fraction of sp³-hybridized carbons (Fsp3) is 0.273. The summed E-state index contributed by atoms with van der Waals surface area (Å²) in [5.74, 6) is 1.09. The SMILES string of the molecule is Cc1cccc2c(CC(=N)N)nc(C)n12. The van der Waals surface area contributed by atoms with Crippen molar-refractivity contribution < 1.29 is 0 Å². The van der Waals surface area contributed by atoms with Gasteiger partial charge in [0.05, 0.1) is 17.0 Å². The molecule has 0 aliphatic heterocycles. The van der Waals surface area contributed by atoms with Crippen molar-refractivity contribution in [1.29, 1.82) is 5.41 Å². The van der Waals surface area contributed by atoms with Crippen molar-refractivity contribution in [2.75, 3.05) is 0 Å². The normalized spacial score (nSPS) is 10.8. The first-order valence-corrected chi connectivity index (χ1v) is 4.86. The highest BCUT2D eigenvalue weighted by atomic mass is 15.0. The molecule has 2 rings (SSSR count). The number of pyridine rings is 1. The molecule has 0 amide bonds. The van der Waals surface area contributed by atoms with E-state index in [0.717, 1.165) is 22.7 Å². The van der Waals surface area contributed by atoms with E-state index in [4.69, 9.17) is 11.1 Å². The van der Waals surface area contributed by atoms with Gasteiger partial charge in [0.15, 0.2) is 0 Å². The average molecular weight is 202 g/mol. The Kier molecular flexibility index (Phi) is 2.19. The van der Waals surface area contributed by atoms with Crippen LogP contribution in [0.25, 0.3) is 5.52 Å². The average Bonchev–Trinajstić information content (AvgIpc) is 2.44. The Labute approximate surface area is 88.3 Å². The van der Waals surface area contributed by atoms with Crippen molar-refractivity contribution in [3.63, 3.8) is 0 Å². The summed E-state index contributed by atoms with van der Waals surface area (Å²) >= 11 is 0. The van der Waals surface area contributed by atoms with Crippen molar-refractivity contribution in [3.8, 4) is 0 Å². The molecule has 4 nitrogen and oxygen atoms in total. The fourth-order valence-corrected chi connectivity index (χ4v) is 1.89. The standard InChI is InChI=1S/C11H14N4/c1-7-4-3-5-10-9(6-11(12)13)14-8(2)15(7)10/h3-5H,6H2,1-2H3,(H3,12,13). The van der Waals surface area contributed by atoms with Crippen LogP contribution in [0, 0.1) is 19.3 Å². The quantitative estimate of drug-likeness (QED) is 0.571. The number of fused-ring (bicyclic) bond motifs is 1. The molecule has 4 heteroatoms. The molecule has 0 bridgehead atoms. The van der Waals surface area contributed by atoms with E-state index in [1.807, 2.05) is 32.0 Å². The second-order valence-electron chi connectivity index (χ2n) is 3.70. The Morgan fingerprint density at radius 1 is 1.47 bits per heavy atom. The number of hydrogen-bond donors (Lipinski definition) is 2. The van der Waals surface area contributed by atoms with Gasteiger partial charge in [-0.1, -0.05) is 6.07 Å². The summed E-state index contributed by atoms with van der Waals surface area (Å²) in [7, 11) is 0. The molecule has 2 heterocycles. The maximum Gasteiger partial charge on any atom is 0.110 e. The number of rotatable bonds is 2. The van der Waals surface area contributed by atoms with E-state index in [2.05, 4.69) is 9.38 Å².